The van der Waals surface area contributed by atoms with Gasteiger partial charge in [0.25, 0.3) is 0 Å². The second kappa shape index (κ2) is 4.55. The van der Waals surface area contributed by atoms with Gasteiger partial charge in [0.2, 0.25) is 0 Å². The summed E-state index contributed by atoms with van der Waals surface area (Å²) in [5, 5.41) is 7.89. The SMILES string of the molecule is CC1CC(C)C(CN)C(c2cnn(C)c2)N1. The highest BCUT2D eigenvalue weighted by Gasteiger charge is 2.33. The Morgan fingerprint density at radius 3 is 2.88 bits per heavy atom. The first-order valence-corrected chi connectivity index (χ1v) is 6.06. The molecule has 3 N–H and O–H groups in total. The van der Waals surface area contributed by atoms with Crippen LogP contribution in [0.2, 0.25) is 0 Å². The molecule has 4 heteroatoms. The summed E-state index contributed by atoms with van der Waals surface area (Å²) in [4.78, 5) is 0. The van der Waals surface area contributed by atoms with Crippen molar-refractivity contribution in [2.75, 3.05) is 6.54 Å². The van der Waals surface area contributed by atoms with Gasteiger partial charge < -0.3 is 11.1 Å². The highest BCUT2D eigenvalue weighted by Crippen LogP contribution is 2.34. The summed E-state index contributed by atoms with van der Waals surface area (Å²) >= 11 is 0. The van der Waals surface area contributed by atoms with Crippen LogP contribution in [-0.4, -0.2) is 22.4 Å². The van der Waals surface area contributed by atoms with Gasteiger partial charge in [0.15, 0.2) is 0 Å². The topological polar surface area (TPSA) is 55.9 Å². The molecule has 1 saturated heterocycles. The first-order valence-electron chi connectivity index (χ1n) is 6.06. The fraction of sp³-hybridized carbons (Fsp3) is 0.750. The minimum Gasteiger partial charge on any atom is -0.330 e. The number of aryl methyl sites for hydroxylation is 1. The van der Waals surface area contributed by atoms with Gasteiger partial charge in [-0.25, -0.2) is 0 Å². The van der Waals surface area contributed by atoms with E-state index in [1.165, 1.54) is 12.0 Å². The lowest BCUT2D eigenvalue weighted by molar-refractivity contribution is 0.174. The third-order valence-corrected chi connectivity index (χ3v) is 3.70. The Kier molecular flexibility index (Phi) is 3.30. The summed E-state index contributed by atoms with van der Waals surface area (Å²) in [6, 6.07) is 0.917. The highest BCUT2D eigenvalue weighted by atomic mass is 15.2. The van der Waals surface area contributed by atoms with Gasteiger partial charge in [0, 0.05) is 30.9 Å². The van der Waals surface area contributed by atoms with Crippen LogP contribution >= 0.6 is 0 Å². The summed E-state index contributed by atoms with van der Waals surface area (Å²) in [5.41, 5.74) is 7.17. The molecule has 0 bridgehead atoms. The summed E-state index contributed by atoms with van der Waals surface area (Å²) in [6.45, 7) is 5.28. The fourth-order valence-electron chi connectivity index (χ4n) is 2.87. The van der Waals surface area contributed by atoms with Crippen LogP contribution in [0.25, 0.3) is 0 Å². The molecule has 0 radical (unpaired) electrons. The van der Waals surface area contributed by atoms with Crippen molar-refractivity contribution < 1.29 is 0 Å². The largest absolute Gasteiger partial charge is 0.330 e. The summed E-state index contributed by atoms with van der Waals surface area (Å²) < 4.78 is 1.86. The lowest BCUT2D eigenvalue weighted by atomic mass is 9.77. The van der Waals surface area contributed by atoms with Crippen molar-refractivity contribution in [1.82, 2.24) is 15.1 Å². The zero-order valence-corrected chi connectivity index (χ0v) is 10.4. The van der Waals surface area contributed by atoms with Crippen molar-refractivity contribution in [3.8, 4) is 0 Å². The lowest BCUT2D eigenvalue weighted by Crippen LogP contribution is -2.46. The molecule has 0 amide bonds. The van der Waals surface area contributed by atoms with Crippen molar-refractivity contribution in [1.29, 1.82) is 0 Å². The predicted molar refractivity (Wildman–Crippen MR) is 64.9 cm³/mol. The van der Waals surface area contributed by atoms with E-state index in [1.54, 1.807) is 0 Å². The van der Waals surface area contributed by atoms with E-state index >= 15 is 0 Å². The monoisotopic (exact) mass is 222 g/mol. The van der Waals surface area contributed by atoms with Gasteiger partial charge in [-0.05, 0) is 31.7 Å². The van der Waals surface area contributed by atoms with Gasteiger partial charge in [-0.1, -0.05) is 6.92 Å². The molecule has 4 unspecified atom stereocenters. The van der Waals surface area contributed by atoms with E-state index in [-0.39, 0.29) is 0 Å². The second-order valence-corrected chi connectivity index (χ2v) is 5.11. The Labute approximate surface area is 97.2 Å². The minimum atomic E-state index is 0.359. The van der Waals surface area contributed by atoms with Crippen LogP contribution < -0.4 is 11.1 Å². The Hall–Kier alpha value is -0.870. The van der Waals surface area contributed by atoms with E-state index in [0.29, 0.717) is 23.9 Å². The van der Waals surface area contributed by atoms with Crippen LogP contribution in [0, 0.1) is 11.8 Å². The van der Waals surface area contributed by atoms with Crippen molar-refractivity contribution in [3.05, 3.63) is 18.0 Å². The Morgan fingerprint density at radius 2 is 2.31 bits per heavy atom. The van der Waals surface area contributed by atoms with Crippen LogP contribution in [0.4, 0.5) is 0 Å². The molecular formula is C12H22N4. The molecule has 2 rings (SSSR count). The number of aromatic nitrogens is 2. The molecule has 90 valence electrons. The molecule has 4 atom stereocenters. The van der Waals surface area contributed by atoms with E-state index in [0.717, 1.165) is 6.54 Å². The molecule has 0 aromatic carbocycles. The van der Waals surface area contributed by atoms with E-state index in [1.807, 2.05) is 17.9 Å². The Bertz CT molecular complexity index is 347. The Morgan fingerprint density at radius 1 is 1.56 bits per heavy atom. The van der Waals surface area contributed by atoms with Crippen LogP contribution in [0.5, 0.6) is 0 Å². The smallest absolute Gasteiger partial charge is 0.0537 e. The summed E-state index contributed by atoms with van der Waals surface area (Å²) in [6.07, 6.45) is 5.24. The quantitative estimate of drug-likeness (QED) is 0.786. The van der Waals surface area contributed by atoms with Crippen LogP contribution in [0.1, 0.15) is 31.9 Å². The molecule has 1 aromatic heterocycles. The van der Waals surface area contributed by atoms with Crippen molar-refractivity contribution in [2.24, 2.45) is 24.6 Å². The summed E-state index contributed by atoms with van der Waals surface area (Å²) in [7, 11) is 1.95. The molecule has 16 heavy (non-hydrogen) atoms. The van der Waals surface area contributed by atoms with Gasteiger partial charge in [-0.15, -0.1) is 0 Å². The standard InChI is InChI=1S/C12H22N4/c1-8-4-9(2)15-12(11(8)5-13)10-6-14-16(3)7-10/h6-9,11-12,15H,4-5,13H2,1-3H3. The molecular weight excluding hydrogens is 200 g/mol. The van der Waals surface area contributed by atoms with Crippen molar-refractivity contribution >= 4 is 0 Å². The second-order valence-electron chi connectivity index (χ2n) is 5.11. The van der Waals surface area contributed by atoms with Crippen molar-refractivity contribution in [2.45, 2.75) is 32.4 Å². The van der Waals surface area contributed by atoms with Gasteiger partial charge in [-0.2, -0.15) is 5.10 Å². The number of nitrogens with two attached hydrogens (primary N) is 1. The predicted octanol–water partition coefficient (Wildman–Crippen LogP) is 1.05. The van der Waals surface area contributed by atoms with Gasteiger partial charge in [-0.3, -0.25) is 4.68 Å². The van der Waals surface area contributed by atoms with Crippen molar-refractivity contribution in [3.63, 3.8) is 0 Å². The zero-order chi connectivity index (χ0) is 11.7. The molecule has 0 aliphatic carbocycles. The maximum atomic E-state index is 5.91. The first kappa shape index (κ1) is 11.6. The number of nitrogens with zero attached hydrogens (tertiary/aromatic N) is 2. The highest BCUT2D eigenvalue weighted by molar-refractivity contribution is 5.14. The van der Waals surface area contributed by atoms with E-state index < -0.39 is 0 Å². The average Bonchev–Trinajstić information content (AvgIpc) is 2.63. The zero-order valence-electron chi connectivity index (χ0n) is 10.4. The maximum Gasteiger partial charge on any atom is 0.0537 e. The van der Waals surface area contributed by atoms with Gasteiger partial charge >= 0.3 is 0 Å². The van der Waals surface area contributed by atoms with Gasteiger partial charge in [0.1, 0.15) is 0 Å². The van der Waals surface area contributed by atoms with E-state index in [2.05, 4.69) is 30.5 Å². The number of nitrogens with one attached hydrogen (secondary N) is 1. The fourth-order valence-corrected chi connectivity index (χ4v) is 2.87. The van der Waals surface area contributed by atoms with Crippen LogP contribution in [0.3, 0.4) is 0 Å². The Balaban J connectivity index is 2.22. The van der Waals surface area contributed by atoms with Gasteiger partial charge in [0.05, 0.1) is 6.20 Å². The molecule has 1 fully saturated rings. The molecule has 0 saturated carbocycles. The van der Waals surface area contributed by atoms with E-state index in [4.69, 9.17) is 5.73 Å². The lowest BCUT2D eigenvalue weighted by Gasteiger charge is -2.40. The summed E-state index contributed by atoms with van der Waals surface area (Å²) in [5.74, 6) is 1.19. The van der Waals surface area contributed by atoms with E-state index in [9.17, 15) is 0 Å². The molecule has 1 aliphatic heterocycles. The number of piperidine rings is 1. The molecule has 4 nitrogen and oxygen atoms in total. The number of hydrogen-bond donors (Lipinski definition) is 2. The normalized spacial score (nSPS) is 35.2. The number of rotatable bonds is 2. The number of hydrogen-bond acceptors (Lipinski definition) is 3. The molecule has 2 heterocycles. The first-order chi connectivity index (χ1) is 7.61. The van der Waals surface area contributed by atoms with Crippen LogP contribution in [0.15, 0.2) is 12.4 Å². The minimum absolute atomic E-state index is 0.359. The maximum absolute atomic E-state index is 5.91. The third kappa shape index (κ3) is 2.13. The molecule has 0 spiro atoms. The molecule has 1 aliphatic rings. The average molecular weight is 222 g/mol. The molecule has 1 aromatic rings. The van der Waals surface area contributed by atoms with Crippen LogP contribution in [-0.2, 0) is 7.05 Å². The third-order valence-electron chi connectivity index (χ3n) is 3.70.